The van der Waals surface area contributed by atoms with Gasteiger partial charge in [-0.15, -0.1) is 0 Å². The molecule has 0 aliphatic rings. The van der Waals surface area contributed by atoms with Crippen molar-refractivity contribution in [3.63, 3.8) is 0 Å². The molecule has 108 valence electrons. The number of nitrogens with zero attached hydrogens (tertiary/aromatic N) is 1. The second-order valence-corrected chi connectivity index (χ2v) is 7.05. The molecule has 19 heavy (non-hydrogen) atoms. The lowest BCUT2D eigenvalue weighted by molar-refractivity contribution is 0.587. The molecule has 1 aromatic carbocycles. The first-order valence-corrected chi connectivity index (χ1v) is 8.88. The molecule has 0 radical (unpaired) electrons. The largest absolute Gasteiger partial charge is 0.371 e. The molecule has 4 heteroatoms. The molecule has 0 saturated heterocycles. The van der Waals surface area contributed by atoms with E-state index in [1.54, 1.807) is 0 Å². The molecule has 2 nitrogen and oxygen atoms in total. The molecule has 0 saturated carbocycles. The van der Waals surface area contributed by atoms with E-state index >= 15 is 0 Å². The summed E-state index contributed by atoms with van der Waals surface area (Å²) in [5.41, 5.74) is 2.66. The summed E-state index contributed by atoms with van der Waals surface area (Å²) in [6, 6.07) is 7.58. The quantitative estimate of drug-likeness (QED) is 0.800. The second kappa shape index (κ2) is 8.18. The highest BCUT2D eigenvalue weighted by molar-refractivity contribution is 9.10. The highest BCUT2D eigenvalue weighted by Gasteiger charge is 2.13. The Morgan fingerprint density at radius 3 is 2.58 bits per heavy atom. The van der Waals surface area contributed by atoms with Crippen molar-refractivity contribution in [1.29, 1.82) is 0 Å². The molecule has 0 heterocycles. The van der Waals surface area contributed by atoms with Gasteiger partial charge in [-0.3, -0.25) is 0 Å². The number of benzene rings is 1. The van der Waals surface area contributed by atoms with E-state index in [2.05, 4.69) is 78.4 Å². The Kier molecular flexibility index (Phi) is 7.26. The molecule has 1 N–H and O–H groups in total. The Bertz CT molecular complexity index is 396. The molecule has 1 atom stereocenters. The summed E-state index contributed by atoms with van der Waals surface area (Å²) in [6.07, 6.45) is 2.16. The zero-order chi connectivity index (χ0) is 14.4. The maximum absolute atomic E-state index is 3.57. The van der Waals surface area contributed by atoms with E-state index < -0.39 is 0 Å². The maximum atomic E-state index is 3.57. The van der Waals surface area contributed by atoms with Gasteiger partial charge in [0.15, 0.2) is 0 Å². The van der Waals surface area contributed by atoms with Crippen molar-refractivity contribution >= 4 is 33.4 Å². The predicted octanol–water partition coefficient (Wildman–Crippen LogP) is 4.13. The SMILES string of the molecule is CSCC(C)N(C)c1ccc(Br)cc1CNC(C)C. The van der Waals surface area contributed by atoms with Gasteiger partial charge in [0.1, 0.15) is 0 Å². The van der Waals surface area contributed by atoms with Gasteiger partial charge in [0.2, 0.25) is 0 Å². The molecule has 0 fully saturated rings. The molecule has 0 aliphatic heterocycles. The van der Waals surface area contributed by atoms with Crippen LogP contribution in [0.5, 0.6) is 0 Å². The smallest absolute Gasteiger partial charge is 0.0412 e. The summed E-state index contributed by atoms with van der Waals surface area (Å²) in [6.45, 7) is 7.54. The van der Waals surface area contributed by atoms with Crippen molar-refractivity contribution in [3.8, 4) is 0 Å². The van der Waals surface area contributed by atoms with Crippen molar-refractivity contribution < 1.29 is 0 Å². The van der Waals surface area contributed by atoms with Crippen LogP contribution in [0.3, 0.4) is 0 Å². The maximum Gasteiger partial charge on any atom is 0.0412 e. The summed E-state index contributed by atoms with van der Waals surface area (Å²) in [4.78, 5) is 2.38. The van der Waals surface area contributed by atoms with Crippen molar-refractivity contribution in [3.05, 3.63) is 28.2 Å². The average Bonchev–Trinajstić information content (AvgIpc) is 2.36. The van der Waals surface area contributed by atoms with E-state index in [0.29, 0.717) is 12.1 Å². The number of hydrogen-bond donors (Lipinski definition) is 1. The van der Waals surface area contributed by atoms with Crippen LogP contribution in [0.15, 0.2) is 22.7 Å². The van der Waals surface area contributed by atoms with Crippen LogP contribution in [-0.4, -0.2) is 31.1 Å². The van der Waals surface area contributed by atoms with Gasteiger partial charge in [-0.1, -0.05) is 29.8 Å². The number of nitrogens with one attached hydrogen (secondary N) is 1. The second-order valence-electron chi connectivity index (χ2n) is 5.22. The first-order chi connectivity index (χ1) is 8.95. The summed E-state index contributed by atoms with van der Waals surface area (Å²) >= 11 is 5.46. The Morgan fingerprint density at radius 1 is 1.32 bits per heavy atom. The monoisotopic (exact) mass is 344 g/mol. The Labute approximate surface area is 130 Å². The fourth-order valence-electron chi connectivity index (χ4n) is 1.94. The first kappa shape index (κ1) is 16.9. The highest BCUT2D eigenvalue weighted by atomic mass is 79.9. The summed E-state index contributed by atoms with van der Waals surface area (Å²) in [7, 11) is 2.18. The molecule has 1 rings (SSSR count). The first-order valence-electron chi connectivity index (χ1n) is 6.69. The zero-order valence-electron chi connectivity index (χ0n) is 12.5. The molecule has 0 bridgehead atoms. The van der Waals surface area contributed by atoms with E-state index in [1.807, 2.05) is 11.8 Å². The van der Waals surface area contributed by atoms with Crippen molar-refractivity contribution in [2.75, 3.05) is 24.0 Å². The normalized spacial score (nSPS) is 12.8. The highest BCUT2D eigenvalue weighted by Crippen LogP contribution is 2.26. The third-order valence-electron chi connectivity index (χ3n) is 3.19. The van der Waals surface area contributed by atoms with Crippen LogP contribution >= 0.6 is 27.7 Å². The van der Waals surface area contributed by atoms with Crippen molar-refractivity contribution in [2.24, 2.45) is 0 Å². The molecular weight excluding hydrogens is 320 g/mol. The Hall–Kier alpha value is -0.190. The molecule has 1 unspecified atom stereocenters. The van der Waals surface area contributed by atoms with Gasteiger partial charge in [-0.25, -0.2) is 0 Å². The van der Waals surface area contributed by atoms with E-state index in [0.717, 1.165) is 16.8 Å². The Morgan fingerprint density at radius 2 is 2.00 bits per heavy atom. The van der Waals surface area contributed by atoms with Crippen LogP contribution in [0.4, 0.5) is 5.69 Å². The lowest BCUT2D eigenvalue weighted by Gasteiger charge is -2.29. The zero-order valence-corrected chi connectivity index (χ0v) is 14.9. The van der Waals surface area contributed by atoms with Gasteiger partial charge >= 0.3 is 0 Å². The molecule has 0 amide bonds. The lowest BCUT2D eigenvalue weighted by Crippen LogP contribution is -2.32. The van der Waals surface area contributed by atoms with E-state index in [-0.39, 0.29) is 0 Å². The number of rotatable bonds is 7. The van der Waals surface area contributed by atoms with Crippen LogP contribution in [0.1, 0.15) is 26.3 Å². The van der Waals surface area contributed by atoms with Gasteiger partial charge in [0.05, 0.1) is 0 Å². The van der Waals surface area contributed by atoms with E-state index in [4.69, 9.17) is 0 Å². The van der Waals surface area contributed by atoms with Gasteiger partial charge in [0.25, 0.3) is 0 Å². The number of hydrogen-bond acceptors (Lipinski definition) is 3. The minimum atomic E-state index is 0.501. The fraction of sp³-hybridized carbons (Fsp3) is 0.600. The van der Waals surface area contributed by atoms with E-state index in [1.165, 1.54) is 11.3 Å². The number of anilines is 1. The topological polar surface area (TPSA) is 15.3 Å². The van der Waals surface area contributed by atoms with Crippen molar-refractivity contribution in [1.82, 2.24) is 5.32 Å². The van der Waals surface area contributed by atoms with Crippen LogP contribution in [0.2, 0.25) is 0 Å². The molecule has 0 aromatic heterocycles. The van der Waals surface area contributed by atoms with Crippen LogP contribution in [0.25, 0.3) is 0 Å². The average molecular weight is 345 g/mol. The predicted molar refractivity (Wildman–Crippen MR) is 92.4 cm³/mol. The van der Waals surface area contributed by atoms with Crippen LogP contribution in [-0.2, 0) is 6.54 Å². The lowest BCUT2D eigenvalue weighted by atomic mass is 10.1. The molecule has 0 aliphatic carbocycles. The molecule has 1 aromatic rings. The standard InChI is InChI=1S/C15H25BrN2S/c1-11(2)17-9-13-8-14(16)6-7-15(13)18(4)12(3)10-19-5/h6-8,11-12,17H,9-10H2,1-5H3. The number of halogens is 1. The van der Waals surface area contributed by atoms with Crippen LogP contribution in [0, 0.1) is 0 Å². The summed E-state index contributed by atoms with van der Waals surface area (Å²) in [5, 5.41) is 3.50. The van der Waals surface area contributed by atoms with Gasteiger partial charge in [-0.2, -0.15) is 11.8 Å². The molecule has 0 spiro atoms. The van der Waals surface area contributed by atoms with Gasteiger partial charge < -0.3 is 10.2 Å². The third-order valence-corrected chi connectivity index (χ3v) is 4.50. The summed E-state index contributed by atoms with van der Waals surface area (Å²) in [5.74, 6) is 1.14. The van der Waals surface area contributed by atoms with Gasteiger partial charge in [-0.05, 0) is 36.9 Å². The minimum Gasteiger partial charge on any atom is -0.371 e. The van der Waals surface area contributed by atoms with Gasteiger partial charge in [0, 0.05) is 41.6 Å². The Balaban J connectivity index is 2.91. The van der Waals surface area contributed by atoms with Crippen LogP contribution < -0.4 is 10.2 Å². The molecular formula is C15H25BrN2S. The summed E-state index contributed by atoms with van der Waals surface area (Å²) < 4.78 is 1.14. The number of thioether (sulfide) groups is 1. The van der Waals surface area contributed by atoms with Crippen molar-refractivity contribution in [2.45, 2.75) is 39.4 Å². The fourth-order valence-corrected chi connectivity index (χ4v) is 3.06. The van der Waals surface area contributed by atoms with E-state index in [9.17, 15) is 0 Å². The minimum absolute atomic E-state index is 0.501. The third kappa shape index (κ3) is 5.36.